The van der Waals surface area contributed by atoms with Crippen LogP contribution in [-0.2, 0) is 0 Å². The molecular formula is C14H10N2O. The second-order valence-corrected chi connectivity index (χ2v) is 3.65. The van der Waals surface area contributed by atoms with E-state index in [-0.39, 0.29) is 0 Å². The summed E-state index contributed by atoms with van der Waals surface area (Å²) in [5.74, 6) is 1.33. The molecule has 0 bridgehead atoms. The van der Waals surface area contributed by atoms with Crippen LogP contribution in [0.15, 0.2) is 61.1 Å². The van der Waals surface area contributed by atoms with Crippen molar-refractivity contribution >= 4 is 10.8 Å². The van der Waals surface area contributed by atoms with Crippen molar-refractivity contribution in [2.45, 2.75) is 0 Å². The standard InChI is InChI=1S/C14H10N2O/c1-2-4-12-10-16-14(9-11(12)3-1)17-13-5-7-15-8-6-13/h1-10H. The van der Waals surface area contributed by atoms with E-state index in [0.29, 0.717) is 5.88 Å². The number of nitrogens with zero attached hydrogens (tertiary/aromatic N) is 2. The first-order valence-electron chi connectivity index (χ1n) is 5.34. The summed E-state index contributed by atoms with van der Waals surface area (Å²) < 4.78 is 5.64. The quantitative estimate of drug-likeness (QED) is 0.666. The van der Waals surface area contributed by atoms with Crippen LogP contribution in [0.25, 0.3) is 10.8 Å². The van der Waals surface area contributed by atoms with Gasteiger partial charge >= 0.3 is 0 Å². The van der Waals surface area contributed by atoms with Crippen LogP contribution >= 0.6 is 0 Å². The Morgan fingerprint density at radius 1 is 0.882 bits per heavy atom. The smallest absolute Gasteiger partial charge is 0.219 e. The fourth-order valence-corrected chi connectivity index (χ4v) is 1.65. The first-order valence-corrected chi connectivity index (χ1v) is 5.34. The summed E-state index contributed by atoms with van der Waals surface area (Å²) in [6, 6.07) is 13.6. The molecule has 2 aromatic heterocycles. The fraction of sp³-hybridized carbons (Fsp3) is 0. The molecule has 0 aliphatic heterocycles. The van der Waals surface area contributed by atoms with Gasteiger partial charge in [-0.1, -0.05) is 24.3 Å². The predicted molar refractivity (Wildman–Crippen MR) is 66.1 cm³/mol. The van der Waals surface area contributed by atoms with E-state index in [1.807, 2.05) is 36.5 Å². The number of aromatic nitrogens is 2. The highest BCUT2D eigenvalue weighted by molar-refractivity contribution is 5.82. The maximum Gasteiger partial charge on any atom is 0.219 e. The van der Waals surface area contributed by atoms with Crippen LogP contribution in [0, 0.1) is 0 Å². The van der Waals surface area contributed by atoms with Gasteiger partial charge in [-0.25, -0.2) is 4.98 Å². The summed E-state index contributed by atoms with van der Waals surface area (Å²) in [5, 5.41) is 2.22. The minimum absolute atomic E-state index is 0.593. The van der Waals surface area contributed by atoms with Crippen molar-refractivity contribution in [2.24, 2.45) is 0 Å². The second-order valence-electron chi connectivity index (χ2n) is 3.65. The molecule has 3 aromatic rings. The van der Waals surface area contributed by atoms with Crippen LogP contribution in [0.1, 0.15) is 0 Å². The Balaban J connectivity index is 1.96. The van der Waals surface area contributed by atoms with Gasteiger partial charge in [0.2, 0.25) is 5.88 Å². The van der Waals surface area contributed by atoms with Crippen molar-refractivity contribution in [1.82, 2.24) is 9.97 Å². The Hall–Kier alpha value is -2.42. The van der Waals surface area contributed by atoms with Crippen LogP contribution in [0.5, 0.6) is 11.6 Å². The van der Waals surface area contributed by atoms with Crippen molar-refractivity contribution in [3.63, 3.8) is 0 Å². The highest BCUT2D eigenvalue weighted by Crippen LogP contribution is 2.22. The molecule has 0 N–H and O–H groups in total. The molecule has 3 nitrogen and oxygen atoms in total. The summed E-state index contributed by atoms with van der Waals surface area (Å²) in [5.41, 5.74) is 0. The Morgan fingerprint density at radius 3 is 2.47 bits per heavy atom. The normalized spacial score (nSPS) is 10.4. The lowest BCUT2D eigenvalue weighted by Gasteiger charge is -2.04. The third-order valence-corrected chi connectivity index (χ3v) is 2.48. The Labute approximate surface area is 98.7 Å². The number of benzene rings is 1. The topological polar surface area (TPSA) is 35.0 Å². The van der Waals surface area contributed by atoms with Gasteiger partial charge in [0.1, 0.15) is 5.75 Å². The van der Waals surface area contributed by atoms with E-state index in [4.69, 9.17) is 4.74 Å². The molecule has 0 aliphatic rings. The zero-order valence-electron chi connectivity index (χ0n) is 9.08. The summed E-state index contributed by atoms with van der Waals surface area (Å²) in [6.07, 6.45) is 5.19. The number of ether oxygens (including phenoxy) is 1. The van der Waals surface area contributed by atoms with Crippen molar-refractivity contribution < 1.29 is 4.74 Å². The van der Waals surface area contributed by atoms with Gasteiger partial charge in [0, 0.05) is 30.0 Å². The van der Waals surface area contributed by atoms with Crippen LogP contribution in [0.3, 0.4) is 0 Å². The summed E-state index contributed by atoms with van der Waals surface area (Å²) in [4.78, 5) is 8.20. The van der Waals surface area contributed by atoms with Gasteiger partial charge in [-0.05, 0) is 17.5 Å². The molecular weight excluding hydrogens is 212 g/mol. The second kappa shape index (κ2) is 4.22. The van der Waals surface area contributed by atoms with E-state index >= 15 is 0 Å². The Morgan fingerprint density at radius 2 is 1.65 bits per heavy atom. The first kappa shape index (κ1) is 9.78. The number of pyridine rings is 2. The lowest BCUT2D eigenvalue weighted by Crippen LogP contribution is -1.87. The molecule has 1 aromatic carbocycles. The van der Waals surface area contributed by atoms with E-state index in [0.717, 1.165) is 16.5 Å². The van der Waals surface area contributed by atoms with Gasteiger partial charge < -0.3 is 4.74 Å². The van der Waals surface area contributed by atoms with E-state index < -0.39 is 0 Å². The average Bonchev–Trinajstić information content (AvgIpc) is 2.40. The Bertz CT molecular complexity index is 638. The van der Waals surface area contributed by atoms with Gasteiger partial charge in [0.25, 0.3) is 0 Å². The number of hydrogen-bond acceptors (Lipinski definition) is 3. The van der Waals surface area contributed by atoms with Crippen LogP contribution in [-0.4, -0.2) is 9.97 Å². The molecule has 0 amide bonds. The molecule has 3 rings (SSSR count). The lowest BCUT2D eigenvalue weighted by atomic mass is 10.2. The molecule has 82 valence electrons. The summed E-state index contributed by atoms with van der Waals surface area (Å²) in [6.45, 7) is 0. The van der Waals surface area contributed by atoms with E-state index in [9.17, 15) is 0 Å². The van der Waals surface area contributed by atoms with Gasteiger partial charge in [0.15, 0.2) is 0 Å². The van der Waals surface area contributed by atoms with Gasteiger partial charge in [-0.3, -0.25) is 4.98 Å². The van der Waals surface area contributed by atoms with Crippen LogP contribution < -0.4 is 4.74 Å². The predicted octanol–water partition coefficient (Wildman–Crippen LogP) is 3.42. The van der Waals surface area contributed by atoms with Crippen molar-refractivity contribution in [3.8, 4) is 11.6 Å². The third-order valence-electron chi connectivity index (χ3n) is 2.48. The minimum Gasteiger partial charge on any atom is -0.439 e. The third kappa shape index (κ3) is 2.08. The molecule has 0 radical (unpaired) electrons. The Kier molecular flexibility index (Phi) is 2.43. The van der Waals surface area contributed by atoms with Gasteiger partial charge in [0.05, 0.1) is 0 Å². The largest absolute Gasteiger partial charge is 0.439 e. The lowest BCUT2D eigenvalue weighted by molar-refractivity contribution is 0.463. The van der Waals surface area contributed by atoms with Crippen LogP contribution in [0.2, 0.25) is 0 Å². The van der Waals surface area contributed by atoms with Crippen molar-refractivity contribution in [2.75, 3.05) is 0 Å². The molecule has 17 heavy (non-hydrogen) atoms. The molecule has 0 saturated heterocycles. The van der Waals surface area contributed by atoms with E-state index in [1.54, 1.807) is 24.5 Å². The molecule has 0 aliphatic carbocycles. The molecule has 3 heteroatoms. The highest BCUT2D eigenvalue weighted by Gasteiger charge is 1.99. The molecule has 0 spiro atoms. The highest BCUT2D eigenvalue weighted by atomic mass is 16.5. The zero-order valence-corrected chi connectivity index (χ0v) is 9.08. The number of hydrogen-bond donors (Lipinski definition) is 0. The number of rotatable bonds is 2. The van der Waals surface area contributed by atoms with Crippen molar-refractivity contribution in [3.05, 3.63) is 61.1 Å². The van der Waals surface area contributed by atoms with Crippen LogP contribution in [0.4, 0.5) is 0 Å². The molecule has 0 fully saturated rings. The van der Waals surface area contributed by atoms with Gasteiger partial charge in [-0.2, -0.15) is 0 Å². The maximum absolute atomic E-state index is 5.64. The van der Waals surface area contributed by atoms with E-state index in [1.165, 1.54) is 0 Å². The van der Waals surface area contributed by atoms with Gasteiger partial charge in [-0.15, -0.1) is 0 Å². The molecule has 0 atom stereocenters. The summed E-state index contributed by atoms with van der Waals surface area (Å²) >= 11 is 0. The average molecular weight is 222 g/mol. The SMILES string of the molecule is c1ccc2cc(Oc3ccncc3)ncc2c1. The first-order chi connectivity index (χ1) is 8.42. The van der Waals surface area contributed by atoms with E-state index in [2.05, 4.69) is 9.97 Å². The molecule has 0 saturated carbocycles. The summed E-state index contributed by atoms with van der Waals surface area (Å²) in [7, 11) is 0. The molecule has 2 heterocycles. The number of fused-ring (bicyclic) bond motifs is 1. The zero-order chi connectivity index (χ0) is 11.5. The van der Waals surface area contributed by atoms with Crippen molar-refractivity contribution in [1.29, 1.82) is 0 Å². The minimum atomic E-state index is 0.593. The fourth-order valence-electron chi connectivity index (χ4n) is 1.65. The molecule has 0 unspecified atom stereocenters. The maximum atomic E-state index is 5.64. The monoisotopic (exact) mass is 222 g/mol.